The molecule has 0 spiro atoms. The van der Waals surface area contributed by atoms with Gasteiger partial charge in [-0.2, -0.15) is 0 Å². The van der Waals surface area contributed by atoms with Crippen molar-refractivity contribution < 1.29 is 38.0 Å². The summed E-state index contributed by atoms with van der Waals surface area (Å²) in [6.07, 6.45) is 1.49. The highest BCUT2D eigenvalue weighted by molar-refractivity contribution is 14.1. The van der Waals surface area contributed by atoms with Gasteiger partial charge in [-0.3, -0.25) is 9.69 Å². The maximum atomic E-state index is 13.2. The molecule has 6 aromatic rings. The van der Waals surface area contributed by atoms with E-state index in [0.717, 1.165) is 93.8 Å². The van der Waals surface area contributed by atoms with Gasteiger partial charge < -0.3 is 38.2 Å². The summed E-state index contributed by atoms with van der Waals surface area (Å²) in [5.74, 6) is 1.73. The maximum absolute atomic E-state index is 13.2. The van der Waals surface area contributed by atoms with Crippen molar-refractivity contribution in [3.63, 3.8) is 0 Å². The van der Waals surface area contributed by atoms with Crippen LogP contribution in [0.15, 0.2) is 97.1 Å². The molecule has 0 radical (unpaired) electrons. The summed E-state index contributed by atoms with van der Waals surface area (Å²) in [6, 6.07) is 32.0. The van der Waals surface area contributed by atoms with E-state index in [-0.39, 0.29) is 29.8 Å². The molecule has 0 aromatic heterocycles. The van der Waals surface area contributed by atoms with Crippen LogP contribution in [0, 0.1) is 42.0 Å². The number of ether oxygens (including phenoxy) is 6. The van der Waals surface area contributed by atoms with E-state index in [0.29, 0.717) is 37.6 Å². The summed E-state index contributed by atoms with van der Waals surface area (Å²) in [5, 5.41) is 3.96. The molecule has 3 saturated heterocycles. The lowest BCUT2D eigenvalue weighted by Crippen LogP contribution is -2.56. The summed E-state index contributed by atoms with van der Waals surface area (Å²) in [7, 11) is 3.35. The van der Waals surface area contributed by atoms with Crippen LogP contribution in [0.1, 0.15) is 118 Å². The number of nitrogens with zero attached hydrogens (tertiary/aromatic N) is 3. The summed E-state index contributed by atoms with van der Waals surface area (Å²) in [6.45, 7) is 31.3. The molecule has 9 rings (SSSR count). The van der Waals surface area contributed by atoms with Crippen molar-refractivity contribution in [3.8, 4) is 11.5 Å². The van der Waals surface area contributed by atoms with Crippen molar-refractivity contribution in [2.45, 2.75) is 168 Å². The van der Waals surface area contributed by atoms with Gasteiger partial charge in [-0.25, -0.2) is 4.79 Å². The second-order valence-corrected chi connectivity index (χ2v) is 33.2. The predicted octanol–water partition coefficient (Wildman–Crippen LogP) is 19.9. The second-order valence-electron chi connectivity index (χ2n) is 26.3. The molecule has 3 heterocycles. The van der Waals surface area contributed by atoms with Gasteiger partial charge in [0.25, 0.3) is 5.91 Å². The molecular formula is C71H86BrCl4I4N3O8. The smallest absolute Gasteiger partial charge is 0.410 e. The number of hydrogen-bond donors (Lipinski definition) is 0. The van der Waals surface area contributed by atoms with Crippen LogP contribution in [0.5, 0.6) is 11.5 Å². The highest BCUT2D eigenvalue weighted by atomic mass is 127. The Morgan fingerprint density at radius 2 is 0.923 bits per heavy atom. The summed E-state index contributed by atoms with van der Waals surface area (Å²) in [5.41, 5.74) is 10.6. The van der Waals surface area contributed by atoms with E-state index in [1.54, 1.807) is 19.1 Å². The monoisotopic (exact) mass is 1840 g/mol. The zero-order valence-electron chi connectivity index (χ0n) is 54.8. The van der Waals surface area contributed by atoms with Crippen LogP contribution in [-0.2, 0) is 61.4 Å². The molecule has 6 aromatic carbocycles. The number of rotatable bonds is 13. The standard InChI is InChI=1S/C22H25ClINO3.C22H27ClINO2.C19H27ClINO3.C8H7BrClI/c1-14-9-16(23)10-19(24)18(14)11-20-21(26)25(13-22(2,3)28-20)12-15-5-7-17(27-4)8-6-15;1-15-9-17(23)10-21(24)20(15)11-19-13-25(14-22(2,3)27-19)12-16-5-7-18(26-4)8-6-16;1-12-7-13(20)8-16(21)15(12)9-14-10-22(11-19(5,6)24-14)17(23)25-18(2,3)4;1-5-2-6(10)3-8(11)7(5)4-9/h5-10,20H,11-13H2,1-4H3;5-10,19H,11-14H2,1-4H3;7-8,14H,9-11H2,1-6H3;2-3H,4H2,1H3. The first-order valence-corrected chi connectivity index (χ1v) is 37.0. The van der Waals surface area contributed by atoms with Gasteiger partial charge in [0.1, 0.15) is 23.2 Å². The highest BCUT2D eigenvalue weighted by Gasteiger charge is 2.41. The normalized spacial score (nSPS) is 18.6. The highest BCUT2D eigenvalue weighted by Crippen LogP contribution is 2.34. The molecule has 2 amide bonds. The Morgan fingerprint density at radius 1 is 0.549 bits per heavy atom. The van der Waals surface area contributed by atoms with Crippen LogP contribution in [0.4, 0.5) is 4.79 Å². The van der Waals surface area contributed by atoms with Gasteiger partial charge in [0.05, 0.1) is 56.3 Å². The number of carbonyl (C=O) groups is 2. The largest absolute Gasteiger partial charge is 0.497 e. The first kappa shape index (κ1) is 78.1. The number of methoxy groups -OCH3 is 2. The lowest BCUT2D eigenvalue weighted by molar-refractivity contribution is -0.177. The number of aryl methyl sites for hydroxylation is 4. The van der Waals surface area contributed by atoms with Crippen LogP contribution in [0.25, 0.3) is 0 Å². The van der Waals surface area contributed by atoms with E-state index in [2.05, 4.69) is 158 Å². The quantitative estimate of drug-likeness (QED) is 0.0827. The maximum Gasteiger partial charge on any atom is 0.410 e. The van der Waals surface area contributed by atoms with E-state index in [4.69, 9.17) is 74.8 Å². The average molecular weight is 1840 g/mol. The average Bonchev–Trinajstić information content (AvgIpc) is 0.906. The van der Waals surface area contributed by atoms with Crippen molar-refractivity contribution in [1.82, 2.24) is 14.7 Å². The fourth-order valence-corrected chi connectivity index (χ4v) is 18.4. The van der Waals surface area contributed by atoms with Crippen LogP contribution >= 0.6 is 153 Å². The number of amides is 2. The van der Waals surface area contributed by atoms with E-state index in [1.807, 2.05) is 145 Å². The van der Waals surface area contributed by atoms with Crippen molar-refractivity contribution in [2.75, 3.05) is 46.9 Å². The lowest BCUT2D eigenvalue weighted by Gasteiger charge is -2.43. The minimum Gasteiger partial charge on any atom is -0.497 e. The fourth-order valence-electron chi connectivity index (χ4n) is 11.4. The Bertz CT molecular complexity index is 3370. The SMILES string of the molecule is COc1ccc(CN2CC(C)(C)OC(Cc3c(C)cc(Cl)cc3I)C2=O)cc1.COc1ccc(CN2CC(Cc3c(C)cc(Cl)cc3I)OC(C)(C)C2)cc1.Cc1cc(Cl)cc(I)c1CBr.Cc1cc(Cl)cc(I)c1CC1CN(C(=O)OC(C)(C)C)CC(C)(C)O1. The molecule has 3 fully saturated rings. The predicted molar refractivity (Wildman–Crippen MR) is 411 cm³/mol. The van der Waals surface area contributed by atoms with Crippen LogP contribution in [0.3, 0.4) is 0 Å². The second kappa shape index (κ2) is 34.5. The van der Waals surface area contributed by atoms with E-state index in [1.165, 1.54) is 40.5 Å². The minimum absolute atomic E-state index is 0.0280. The van der Waals surface area contributed by atoms with E-state index < -0.39 is 22.9 Å². The van der Waals surface area contributed by atoms with Crippen molar-refractivity contribution in [1.29, 1.82) is 0 Å². The minimum atomic E-state index is -0.504. The molecule has 3 unspecified atom stereocenters. The molecule has 91 heavy (non-hydrogen) atoms. The van der Waals surface area contributed by atoms with Gasteiger partial charge in [0.15, 0.2) is 0 Å². The zero-order valence-corrected chi connectivity index (χ0v) is 68.0. The molecule has 0 bridgehead atoms. The molecular weight excluding hydrogens is 1750 g/mol. The van der Waals surface area contributed by atoms with Gasteiger partial charge in [-0.1, -0.05) is 86.6 Å². The Labute approximate surface area is 624 Å². The third-order valence-electron chi connectivity index (χ3n) is 15.3. The Kier molecular flexibility index (Phi) is 29.6. The van der Waals surface area contributed by atoms with E-state index >= 15 is 0 Å². The van der Waals surface area contributed by atoms with E-state index in [9.17, 15) is 9.59 Å². The molecule has 3 aliphatic heterocycles. The molecule has 0 N–H and O–H groups in total. The van der Waals surface area contributed by atoms with Crippen molar-refractivity contribution in [2.24, 2.45) is 0 Å². The van der Waals surface area contributed by atoms with Crippen LogP contribution < -0.4 is 9.47 Å². The third-order valence-corrected chi connectivity index (χ3v) is 20.6. The number of alkyl halides is 1. The fraction of sp³-hybridized carbons (Fsp3) is 0.465. The first-order chi connectivity index (χ1) is 42.4. The van der Waals surface area contributed by atoms with Crippen molar-refractivity contribution >= 4 is 165 Å². The van der Waals surface area contributed by atoms with Gasteiger partial charge in [-0.15, -0.1) is 0 Å². The molecule has 20 heteroatoms. The third kappa shape index (κ3) is 24.5. The van der Waals surface area contributed by atoms with Gasteiger partial charge >= 0.3 is 6.09 Å². The Morgan fingerprint density at radius 3 is 1.32 bits per heavy atom. The summed E-state index contributed by atoms with van der Waals surface area (Å²) < 4.78 is 39.5. The lowest BCUT2D eigenvalue weighted by atomic mass is 9.97. The zero-order chi connectivity index (χ0) is 67.5. The number of carbonyl (C=O) groups excluding carboxylic acids is 2. The molecule has 496 valence electrons. The molecule has 3 aliphatic rings. The number of benzene rings is 6. The number of halogens is 9. The summed E-state index contributed by atoms with van der Waals surface area (Å²) in [4.78, 5) is 31.8. The van der Waals surface area contributed by atoms with Crippen LogP contribution in [-0.4, -0.2) is 114 Å². The number of hydrogen-bond acceptors (Lipinski definition) is 9. The Balaban J connectivity index is 0.000000200. The summed E-state index contributed by atoms with van der Waals surface area (Å²) >= 11 is 37.0. The molecule has 3 atom stereocenters. The molecule has 0 saturated carbocycles. The van der Waals surface area contributed by atoms with Gasteiger partial charge in [-0.05, 0) is 309 Å². The number of morpholine rings is 3. The van der Waals surface area contributed by atoms with Gasteiger partial charge in [0.2, 0.25) is 0 Å². The topological polar surface area (TPSA) is 99.2 Å². The Hall–Kier alpha value is -1.94. The molecule has 0 aliphatic carbocycles. The first-order valence-electron chi connectivity index (χ1n) is 30.1. The van der Waals surface area contributed by atoms with Crippen LogP contribution in [0.2, 0.25) is 20.1 Å². The van der Waals surface area contributed by atoms with Gasteiger partial charge in [0, 0.05) is 91.7 Å². The van der Waals surface area contributed by atoms with Crippen molar-refractivity contribution in [3.05, 3.63) is 187 Å². The molecule has 11 nitrogen and oxygen atoms in total.